The van der Waals surface area contributed by atoms with Crippen molar-refractivity contribution in [1.29, 1.82) is 0 Å². The zero-order valence-electron chi connectivity index (χ0n) is 31.5. The van der Waals surface area contributed by atoms with Crippen molar-refractivity contribution in [2.24, 2.45) is 5.92 Å². The Morgan fingerprint density at radius 1 is 1.15 bits per heavy atom. The van der Waals surface area contributed by atoms with Crippen molar-refractivity contribution in [3.63, 3.8) is 0 Å². The number of nitro benzene ring substituents is 1. The van der Waals surface area contributed by atoms with E-state index < -0.39 is 106 Å². The van der Waals surface area contributed by atoms with Crippen LogP contribution in [0.15, 0.2) is 24.3 Å². The van der Waals surface area contributed by atoms with Crippen molar-refractivity contribution in [3.8, 4) is 0 Å². The first-order valence-electron chi connectivity index (χ1n) is 17.8. The van der Waals surface area contributed by atoms with E-state index in [1.807, 2.05) is 11.9 Å². The molecule has 2 fully saturated rings. The quantitative estimate of drug-likeness (QED) is 0.0471. The SMILES string of the molecule is CCCC1CC(C(=O)NC(C(C)Cl)[C@H]2O[C@](C)(SC)[C@H](OC(=O)CCC(=O)OCC(c3ccc([N+](=O)[O-])cc3)C(O)NC(=O)C(C)(Cl)Cl)[C@@H](O)[C@H]2O)N(C)C1. The molecule has 2 saturated heterocycles. The smallest absolute Gasteiger partial charge is 0.306 e. The van der Waals surface area contributed by atoms with Crippen LogP contribution in [0.3, 0.4) is 0 Å². The molecule has 2 amide bonds. The van der Waals surface area contributed by atoms with Gasteiger partial charge < -0.3 is 40.2 Å². The average Bonchev–Trinajstić information content (AvgIpc) is 3.49. The Balaban J connectivity index is 1.64. The van der Waals surface area contributed by atoms with E-state index in [1.165, 1.54) is 19.1 Å². The van der Waals surface area contributed by atoms with Gasteiger partial charge in [-0.1, -0.05) is 48.7 Å². The number of nitrogens with one attached hydrogen (secondary N) is 2. The number of non-ortho nitro benzene ring substituents is 1. The number of thioether (sulfide) groups is 1. The second kappa shape index (κ2) is 20.3. The summed E-state index contributed by atoms with van der Waals surface area (Å²) in [6.45, 7) is 6.70. The summed E-state index contributed by atoms with van der Waals surface area (Å²) in [4.78, 5) is 62.6. The minimum absolute atomic E-state index is 0.243. The molecule has 6 unspecified atom stereocenters. The predicted molar refractivity (Wildman–Crippen MR) is 206 cm³/mol. The number of alkyl halides is 3. The lowest BCUT2D eigenvalue weighted by atomic mass is 9.89. The number of rotatable bonds is 18. The van der Waals surface area contributed by atoms with E-state index in [4.69, 9.17) is 49.0 Å². The number of likely N-dealkylation sites (tertiary alicyclic amines) is 1. The lowest BCUT2D eigenvalue weighted by Crippen LogP contribution is -2.68. The van der Waals surface area contributed by atoms with E-state index >= 15 is 0 Å². The fourth-order valence-corrected chi connectivity index (χ4v) is 7.64. The first-order valence-corrected chi connectivity index (χ1v) is 20.2. The number of carbonyl (C=O) groups excluding carboxylic acids is 4. The third-order valence-electron chi connectivity index (χ3n) is 9.89. The number of benzene rings is 1. The highest BCUT2D eigenvalue weighted by Gasteiger charge is 2.56. The van der Waals surface area contributed by atoms with Crippen LogP contribution in [0.4, 0.5) is 5.69 Å². The van der Waals surface area contributed by atoms with Crippen LogP contribution in [0.5, 0.6) is 0 Å². The Morgan fingerprint density at radius 2 is 1.76 bits per heavy atom. The Hall–Kier alpha value is -2.48. The van der Waals surface area contributed by atoms with Crippen LogP contribution in [-0.4, -0.2) is 133 Å². The molecule has 0 aromatic heterocycles. The van der Waals surface area contributed by atoms with E-state index in [9.17, 15) is 44.6 Å². The van der Waals surface area contributed by atoms with Crippen molar-refractivity contribution in [1.82, 2.24) is 15.5 Å². The summed E-state index contributed by atoms with van der Waals surface area (Å²) in [5.41, 5.74) is 0.0144. The van der Waals surface area contributed by atoms with Gasteiger partial charge in [0, 0.05) is 18.7 Å². The monoisotopic (exact) mass is 856 g/mol. The zero-order chi connectivity index (χ0) is 41.4. The maximum absolute atomic E-state index is 13.4. The Bertz CT molecular complexity index is 1510. The predicted octanol–water partition coefficient (Wildman–Crippen LogP) is 2.97. The highest BCUT2D eigenvalue weighted by atomic mass is 35.5. The molecule has 0 spiro atoms. The van der Waals surface area contributed by atoms with Gasteiger partial charge in [-0.05, 0) is 58.4 Å². The van der Waals surface area contributed by atoms with Crippen molar-refractivity contribution < 1.29 is 53.6 Å². The molecule has 1 aromatic carbocycles. The minimum atomic E-state index is -1.91. The molecule has 3 rings (SSSR count). The summed E-state index contributed by atoms with van der Waals surface area (Å²) in [7, 11) is 1.88. The molecule has 5 N–H and O–H groups in total. The molecule has 16 nitrogen and oxygen atoms in total. The molecule has 55 heavy (non-hydrogen) atoms. The van der Waals surface area contributed by atoms with E-state index in [1.54, 1.807) is 20.1 Å². The average molecular weight is 858 g/mol. The fourth-order valence-electron chi connectivity index (χ4n) is 6.70. The number of halogens is 3. The summed E-state index contributed by atoms with van der Waals surface area (Å²) in [6, 6.07) is 3.62. The molecule has 2 heterocycles. The van der Waals surface area contributed by atoms with Gasteiger partial charge in [0.2, 0.25) is 5.91 Å². The van der Waals surface area contributed by atoms with E-state index in [2.05, 4.69) is 17.6 Å². The highest BCUT2D eigenvalue weighted by molar-refractivity contribution is 7.99. The molecule has 0 aliphatic carbocycles. The number of hydrogen-bond donors (Lipinski definition) is 5. The van der Waals surface area contributed by atoms with Crippen LogP contribution in [0, 0.1) is 16.0 Å². The van der Waals surface area contributed by atoms with Gasteiger partial charge >= 0.3 is 11.9 Å². The maximum Gasteiger partial charge on any atom is 0.306 e. The van der Waals surface area contributed by atoms with Gasteiger partial charge in [0.1, 0.15) is 31.1 Å². The van der Waals surface area contributed by atoms with E-state index in [-0.39, 0.29) is 17.2 Å². The van der Waals surface area contributed by atoms with Crippen LogP contribution in [-0.2, 0) is 33.4 Å². The number of carbonyl (C=O) groups is 4. The summed E-state index contributed by atoms with van der Waals surface area (Å²) < 4.78 is 15.2. The van der Waals surface area contributed by atoms with Crippen molar-refractivity contribution >= 4 is 76.0 Å². The Labute approximate surface area is 339 Å². The normalized spacial score (nSPS) is 28.0. The zero-order valence-corrected chi connectivity index (χ0v) is 34.6. The molecule has 1 aromatic rings. The molecule has 20 heteroatoms. The molecule has 0 bridgehead atoms. The first-order chi connectivity index (χ1) is 25.6. The van der Waals surface area contributed by atoms with Crippen molar-refractivity contribution in [2.75, 3.05) is 26.5 Å². The lowest BCUT2D eigenvalue weighted by Gasteiger charge is -2.50. The Morgan fingerprint density at radius 3 is 2.31 bits per heavy atom. The van der Waals surface area contributed by atoms with Crippen LogP contribution in [0.2, 0.25) is 0 Å². The van der Waals surface area contributed by atoms with Gasteiger partial charge in [0.05, 0.1) is 41.1 Å². The van der Waals surface area contributed by atoms with Crippen molar-refractivity contribution in [3.05, 3.63) is 39.9 Å². The summed E-state index contributed by atoms with van der Waals surface area (Å²) in [6.07, 6.45) is -4.31. The number of esters is 2. The molecule has 11 atom stereocenters. The van der Waals surface area contributed by atoms with Gasteiger partial charge in [-0.15, -0.1) is 23.4 Å². The second-order valence-corrected chi connectivity index (χ2v) is 17.8. The van der Waals surface area contributed by atoms with Gasteiger partial charge in [-0.25, -0.2) is 0 Å². The molecule has 0 saturated carbocycles. The van der Waals surface area contributed by atoms with E-state index in [0.29, 0.717) is 12.3 Å². The van der Waals surface area contributed by atoms with E-state index in [0.717, 1.165) is 43.3 Å². The third kappa shape index (κ3) is 12.5. The number of hydrogen-bond acceptors (Lipinski definition) is 14. The molecular weight excluding hydrogens is 807 g/mol. The molecular formula is C35H51Cl3N4O12S. The second-order valence-electron chi connectivity index (χ2n) is 14.2. The number of aliphatic hydroxyl groups is 3. The number of nitrogens with zero attached hydrogens (tertiary/aromatic N) is 2. The number of amides is 2. The molecule has 310 valence electrons. The van der Waals surface area contributed by atoms with Gasteiger partial charge in [-0.2, -0.15) is 0 Å². The summed E-state index contributed by atoms with van der Waals surface area (Å²) >= 11 is 19.3. The molecule has 2 aliphatic rings. The van der Waals surface area contributed by atoms with Crippen LogP contribution >= 0.6 is 46.6 Å². The highest BCUT2D eigenvalue weighted by Crippen LogP contribution is 2.41. The van der Waals surface area contributed by atoms with Crippen molar-refractivity contribution in [2.45, 2.75) is 123 Å². The Kier molecular flexibility index (Phi) is 17.3. The van der Waals surface area contributed by atoms with Gasteiger partial charge in [-0.3, -0.25) is 34.2 Å². The summed E-state index contributed by atoms with van der Waals surface area (Å²) in [5.74, 6) is -3.83. The number of aliphatic hydroxyl groups excluding tert-OH is 3. The number of nitro groups is 1. The summed E-state index contributed by atoms with van der Waals surface area (Å²) in [5, 5.41) is 48.9. The number of ether oxygens (including phenoxy) is 3. The molecule has 0 radical (unpaired) electrons. The fraction of sp³-hybridized carbons (Fsp3) is 0.714. The van der Waals surface area contributed by atoms with Crippen LogP contribution in [0.25, 0.3) is 0 Å². The van der Waals surface area contributed by atoms with Gasteiger partial charge in [0.15, 0.2) is 15.4 Å². The number of likely N-dealkylation sites (N-methyl/N-ethyl adjacent to an activating group) is 1. The largest absolute Gasteiger partial charge is 0.465 e. The first kappa shape index (κ1) is 46.9. The minimum Gasteiger partial charge on any atom is -0.465 e. The lowest BCUT2D eigenvalue weighted by molar-refractivity contribution is -0.384. The molecule has 2 aliphatic heterocycles. The standard InChI is InChI=1S/C35H51Cl3N4O12S/c1-7-8-19-15-23(41(5)16-19)32(48)39-26(18(2)36)29-27(45)28(46)30(35(4,54-29)55-6)53-25(44)14-13-24(43)52-17-22(31(47)40-33(49)34(3,37)38)20-9-11-21(12-10-20)42(50)51/h9-12,18-19,22-23,26-31,45-47H,7-8,13-17H2,1-6H3,(H,39,48)(H,40,49)/t18?,19?,22?,23?,26?,27-,28+,29-,30-,31?,35-/m1/s1. The van der Waals surface area contributed by atoms with Gasteiger partial charge in [0.25, 0.3) is 11.6 Å². The topological polar surface area (TPSA) is 227 Å². The van der Waals surface area contributed by atoms with Crippen LogP contribution in [0.1, 0.15) is 71.3 Å². The third-order valence-corrected chi connectivity index (χ3v) is 11.6. The maximum atomic E-state index is 13.4. The van der Waals surface area contributed by atoms with Crippen LogP contribution < -0.4 is 10.6 Å².